The topological polar surface area (TPSA) is 39.1 Å². The summed E-state index contributed by atoms with van der Waals surface area (Å²) < 4.78 is 7.90. The summed E-state index contributed by atoms with van der Waals surface area (Å²) in [7, 11) is 5.82. The van der Waals surface area contributed by atoms with Gasteiger partial charge in [-0.25, -0.2) is 0 Å². The zero-order chi connectivity index (χ0) is 15.6. The molecule has 0 radical (unpaired) electrons. The normalized spacial score (nSPS) is 27.8. The van der Waals surface area contributed by atoms with Crippen LogP contribution in [0.3, 0.4) is 0 Å². The number of ether oxygens (including phenoxy) is 1. The highest BCUT2D eigenvalue weighted by Crippen LogP contribution is 2.38. The van der Waals surface area contributed by atoms with Crippen molar-refractivity contribution >= 4 is 11.6 Å². The van der Waals surface area contributed by atoms with Crippen LogP contribution in [0.2, 0.25) is 5.02 Å². The molecule has 0 spiro atoms. The number of halogens is 1. The summed E-state index contributed by atoms with van der Waals surface area (Å²) in [4.78, 5) is 0. The molecule has 1 unspecified atom stereocenters. The van der Waals surface area contributed by atoms with Crippen molar-refractivity contribution in [1.82, 2.24) is 15.1 Å². The minimum Gasteiger partial charge on any atom is -0.377 e. The maximum absolute atomic E-state index is 6.41. The monoisotopic (exact) mass is 313 g/mol. The van der Waals surface area contributed by atoms with Gasteiger partial charge in [-0.1, -0.05) is 18.5 Å². The van der Waals surface area contributed by atoms with Crippen molar-refractivity contribution < 1.29 is 4.74 Å². The van der Waals surface area contributed by atoms with Gasteiger partial charge in [0.1, 0.15) is 0 Å². The number of aromatic nitrogens is 2. The molecule has 1 saturated carbocycles. The van der Waals surface area contributed by atoms with Gasteiger partial charge in [-0.3, -0.25) is 4.68 Å². The lowest BCUT2D eigenvalue weighted by Gasteiger charge is -2.44. The summed E-state index contributed by atoms with van der Waals surface area (Å²) >= 11 is 6.41. The molecule has 120 valence electrons. The Labute approximate surface area is 133 Å². The fourth-order valence-corrected chi connectivity index (χ4v) is 3.83. The summed E-state index contributed by atoms with van der Waals surface area (Å²) in [6.07, 6.45) is 5.50. The van der Waals surface area contributed by atoms with Crippen LogP contribution in [0.25, 0.3) is 0 Å². The molecule has 2 rings (SSSR count). The molecule has 0 aromatic carbocycles. The second-order valence-corrected chi connectivity index (χ2v) is 6.84. The number of methoxy groups -OCH3 is 1. The van der Waals surface area contributed by atoms with Gasteiger partial charge in [0.15, 0.2) is 0 Å². The van der Waals surface area contributed by atoms with Crippen molar-refractivity contribution in [3.05, 3.63) is 16.4 Å². The summed E-state index contributed by atoms with van der Waals surface area (Å²) in [6.45, 7) is 4.28. The Morgan fingerprint density at radius 2 is 2.10 bits per heavy atom. The maximum Gasteiger partial charge on any atom is 0.0847 e. The van der Waals surface area contributed by atoms with Crippen LogP contribution in [0.15, 0.2) is 0 Å². The van der Waals surface area contributed by atoms with Crippen molar-refractivity contribution in [3.63, 3.8) is 0 Å². The SMILES string of the molecule is CNC(Cc1c(Cl)c(C)nn1C)C1(OC)CCC(C)CC1. The van der Waals surface area contributed by atoms with Gasteiger partial charge in [0.2, 0.25) is 0 Å². The smallest absolute Gasteiger partial charge is 0.0847 e. The zero-order valence-corrected chi connectivity index (χ0v) is 14.6. The number of rotatable bonds is 5. The van der Waals surface area contributed by atoms with Crippen LogP contribution < -0.4 is 5.32 Å². The molecule has 1 aliphatic rings. The van der Waals surface area contributed by atoms with Gasteiger partial charge in [0, 0.05) is 26.6 Å². The molecule has 0 aliphatic heterocycles. The molecule has 0 saturated heterocycles. The molecule has 1 N–H and O–H groups in total. The van der Waals surface area contributed by atoms with E-state index in [4.69, 9.17) is 16.3 Å². The van der Waals surface area contributed by atoms with E-state index in [1.165, 1.54) is 12.8 Å². The second kappa shape index (κ2) is 6.67. The van der Waals surface area contributed by atoms with E-state index < -0.39 is 0 Å². The Morgan fingerprint density at radius 1 is 1.48 bits per heavy atom. The van der Waals surface area contributed by atoms with Crippen LogP contribution in [-0.4, -0.2) is 35.6 Å². The third-order valence-electron chi connectivity index (χ3n) is 5.17. The lowest BCUT2D eigenvalue weighted by atomic mass is 9.74. The van der Waals surface area contributed by atoms with E-state index in [0.29, 0.717) is 0 Å². The number of nitrogens with zero attached hydrogens (tertiary/aromatic N) is 2. The van der Waals surface area contributed by atoms with Gasteiger partial charge >= 0.3 is 0 Å². The van der Waals surface area contributed by atoms with Gasteiger partial charge in [-0.2, -0.15) is 5.10 Å². The highest BCUT2D eigenvalue weighted by molar-refractivity contribution is 6.31. The number of hydrogen-bond acceptors (Lipinski definition) is 3. The van der Waals surface area contributed by atoms with E-state index >= 15 is 0 Å². The summed E-state index contributed by atoms with van der Waals surface area (Å²) in [6, 6.07) is 0.252. The lowest BCUT2D eigenvalue weighted by Crippen LogP contribution is -2.54. The first kappa shape index (κ1) is 16.8. The summed E-state index contributed by atoms with van der Waals surface area (Å²) in [5.74, 6) is 0.799. The summed E-state index contributed by atoms with van der Waals surface area (Å²) in [5.41, 5.74) is 1.89. The van der Waals surface area contributed by atoms with E-state index in [2.05, 4.69) is 17.3 Å². The molecule has 1 heterocycles. The molecule has 1 aliphatic carbocycles. The Balaban J connectivity index is 2.22. The van der Waals surface area contributed by atoms with Crippen LogP contribution in [0, 0.1) is 12.8 Å². The first-order valence-electron chi connectivity index (χ1n) is 7.84. The Morgan fingerprint density at radius 3 is 2.52 bits per heavy atom. The van der Waals surface area contributed by atoms with E-state index in [1.807, 2.05) is 32.8 Å². The third-order valence-corrected chi connectivity index (χ3v) is 5.66. The van der Waals surface area contributed by atoms with Crippen LogP contribution in [0.5, 0.6) is 0 Å². The van der Waals surface area contributed by atoms with Crippen LogP contribution >= 0.6 is 11.6 Å². The highest BCUT2D eigenvalue weighted by atomic mass is 35.5. The largest absolute Gasteiger partial charge is 0.377 e. The van der Waals surface area contributed by atoms with Crippen molar-refractivity contribution in [2.45, 2.75) is 57.6 Å². The third kappa shape index (κ3) is 3.27. The fraction of sp³-hybridized carbons (Fsp3) is 0.812. The predicted molar refractivity (Wildman–Crippen MR) is 86.9 cm³/mol. The molecule has 1 aromatic heterocycles. The maximum atomic E-state index is 6.41. The van der Waals surface area contributed by atoms with Gasteiger partial charge in [-0.05, 0) is 45.6 Å². The van der Waals surface area contributed by atoms with Gasteiger partial charge < -0.3 is 10.1 Å². The molecule has 0 amide bonds. The van der Waals surface area contributed by atoms with Crippen molar-refractivity contribution in [2.24, 2.45) is 13.0 Å². The first-order chi connectivity index (χ1) is 9.93. The molecule has 1 aromatic rings. The highest BCUT2D eigenvalue weighted by Gasteiger charge is 2.41. The Kier molecular flexibility index (Phi) is 5.33. The molecular formula is C16H28ClN3O. The molecule has 0 bridgehead atoms. The average molecular weight is 314 g/mol. The lowest BCUT2D eigenvalue weighted by molar-refractivity contribution is -0.0733. The zero-order valence-electron chi connectivity index (χ0n) is 13.9. The van der Waals surface area contributed by atoms with E-state index in [9.17, 15) is 0 Å². The number of likely N-dealkylation sites (N-methyl/N-ethyl adjacent to an activating group) is 1. The van der Waals surface area contributed by atoms with E-state index in [0.717, 1.165) is 41.6 Å². The Bertz CT molecular complexity index is 478. The molecule has 1 fully saturated rings. The number of nitrogens with one attached hydrogen (secondary N) is 1. The van der Waals surface area contributed by atoms with Crippen LogP contribution in [-0.2, 0) is 18.2 Å². The molecule has 21 heavy (non-hydrogen) atoms. The van der Waals surface area contributed by atoms with Gasteiger partial charge in [0.25, 0.3) is 0 Å². The Hall–Kier alpha value is -0.580. The van der Waals surface area contributed by atoms with Crippen molar-refractivity contribution in [3.8, 4) is 0 Å². The van der Waals surface area contributed by atoms with Crippen LogP contribution in [0.4, 0.5) is 0 Å². The predicted octanol–water partition coefficient (Wildman–Crippen LogP) is 3.11. The van der Waals surface area contributed by atoms with Crippen LogP contribution in [0.1, 0.15) is 44.0 Å². The van der Waals surface area contributed by atoms with Gasteiger partial charge in [0.05, 0.1) is 22.0 Å². The molecule has 5 heteroatoms. The van der Waals surface area contributed by atoms with Crippen molar-refractivity contribution in [1.29, 1.82) is 0 Å². The second-order valence-electron chi connectivity index (χ2n) is 6.47. The number of aryl methyl sites for hydroxylation is 2. The average Bonchev–Trinajstić information content (AvgIpc) is 2.72. The molecular weight excluding hydrogens is 286 g/mol. The van der Waals surface area contributed by atoms with Crippen molar-refractivity contribution in [2.75, 3.05) is 14.2 Å². The van der Waals surface area contributed by atoms with Gasteiger partial charge in [-0.15, -0.1) is 0 Å². The first-order valence-corrected chi connectivity index (χ1v) is 8.21. The quantitative estimate of drug-likeness (QED) is 0.908. The molecule has 4 nitrogen and oxygen atoms in total. The minimum absolute atomic E-state index is 0.0945. The van der Waals surface area contributed by atoms with E-state index in [-0.39, 0.29) is 11.6 Å². The summed E-state index contributed by atoms with van der Waals surface area (Å²) in [5, 5.41) is 8.67. The fourth-order valence-electron chi connectivity index (χ4n) is 3.59. The minimum atomic E-state index is -0.0945. The van der Waals surface area contributed by atoms with E-state index in [1.54, 1.807) is 0 Å². The standard InChI is InChI=1S/C16H28ClN3O/c1-11-6-8-16(21-5,9-7-11)14(18-3)10-13-15(17)12(2)19-20(13)4/h11,14,18H,6-10H2,1-5H3. The molecule has 1 atom stereocenters. The number of hydrogen-bond donors (Lipinski definition) is 1.